The number of piperidine rings is 1. The molecule has 0 unspecified atom stereocenters. The summed E-state index contributed by atoms with van der Waals surface area (Å²) >= 11 is 0. The van der Waals surface area contributed by atoms with Gasteiger partial charge in [-0.3, -0.25) is 0 Å². The smallest absolute Gasteiger partial charge is 0.341 e. The number of aromatic nitrogens is 1. The van der Waals surface area contributed by atoms with E-state index >= 15 is 0 Å². The molecule has 5 heteroatoms. The van der Waals surface area contributed by atoms with Gasteiger partial charge in [0, 0.05) is 12.7 Å². The molecule has 5 nitrogen and oxygen atoms in total. The number of methoxy groups -OCH3 is 1. The number of nitrogens with zero attached hydrogens (tertiary/aromatic N) is 1. The van der Waals surface area contributed by atoms with E-state index in [0.29, 0.717) is 11.4 Å². The van der Waals surface area contributed by atoms with Crippen LogP contribution in [-0.2, 0) is 4.74 Å². The molecule has 1 aromatic heterocycles. The van der Waals surface area contributed by atoms with Crippen molar-refractivity contribution in [2.24, 2.45) is 5.41 Å². The molecule has 0 amide bonds. The predicted molar refractivity (Wildman–Crippen MR) is 74.3 cm³/mol. The largest absolute Gasteiger partial charge is 0.465 e. The van der Waals surface area contributed by atoms with Gasteiger partial charge in [0.15, 0.2) is 0 Å². The van der Waals surface area contributed by atoms with E-state index in [0.717, 1.165) is 32.5 Å². The summed E-state index contributed by atoms with van der Waals surface area (Å²) in [7, 11) is 1.38. The summed E-state index contributed by atoms with van der Waals surface area (Å²) in [6, 6.07) is 3.47. The van der Waals surface area contributed by atoms with Crippen molar-refractivity contribution in [3.8, 4) is 0 Å². The first-order chi connectivity index (χ1) is 9.14. The molecule has 104 valence electrons. The number of nitrogens with one attached hydrogen (secondary N) is 2. The van der Waals surface area contributed by atoms with Gasteiger partial charge in [0.25, 0.3) is 0 Å². The van der Waals surface area contributed by atoms with Crippen LogP contribution in [0, 0.1) is 5.41 Å². The van der Waals surface area contributed by atoms with Crippen LogP contribution in [0.1, 0.15) is 30.1 Å². The van der Waals surface area contributed by atoms with E-state index in [9.17, 15) is 4.79 Å². The van der Waals surface area contributed by atoms with E-state index < -0.39 is 0 Å². The summed E-state index contributed by atoms with van der Waals surface area (Å²) in [4.78, 5) is 15.9. The predicted octanol–water partition coefficient (Wildman–Crippen LogP) is 1.67. The lowest BCUT2D eigenvalue weighted by Crippen LogP contribution is -2.39. The van der Waals surface area contributed by atoms with Crippen molar-refractivity contribution in [1.29, 1.82) is 0 Å². The maximum Gasteiger partial charge on any atom is 0.341 e. The van der Waals surface area contributed by atoms with Gasteiger partial charge in [-0.2, -0.15) is 0 Å². The Morgan fingerprint density at radius 1 is 1.53 bits per heavy atom. The monoisotopic (exact) mass is 263 g/mol. The first kappa shape index (κ1) is 13.8. The second-order valence-electron chi connectivity index (χ2n) is 5.31. The molecule has 0 bridgehead atoms. The Morgan fingerprint density at radius 3 is 2.95 bits per heavy atom. The zero-order valence-electron chi connectivity index (χ0n) is 11.5. The van der Waals surface area contributed by atoms with Gasteiger partial charge in [-0.1, -0.05) is 6.92 Å². The third-order valence-corrected chi connectivity index (χ3v) is 3.71. The third kappa shape index (κ3) is 3.44. The van der Waals surface area contributed by atoms with Crippen LogP contribution in [0.5, 0.6) is 0 Å². The van der Waals surface area contributed by atoms with Crippen LogP contribution < -0.4 is 10.6 Å². The number of pyridine rings is 1. The quantitative estimate of drug-likeness (QED) is 0.809. The number of ether oxygens (including phenoxy) is 1. The Morgan fingerprint density at radius 2 is 2.26 bits per heavy atom. The summed E-state index contributed by atoms with van der Waals surface area (Å²) in [5.74, 6) is 0.250. The lowest BCUT2D eigenvalue weighted by molar-refractivity contribution is 0.0601. The Kier molecular flexibility index (Phi) is 4.37. The SMILES string of the molecule is COC(=O)c1cccnc1NCC1(C)CCNCC1. The molecular weight excluding hydrogens is 242 g/mol. The highest BCUT2D eigenvalue weighted by Gasteiger charge is 2.27. The highest BCUT2D eigenvalue weighted by atomic mass is 16.5. The standard InChI is InChI=1S/C14H21N3O2/c1-14(5-8-15-9-6-14)10-17-12-11(13(18)19-2)4-3-7-16-12/h3-4,7,15H,5-6,8-10H2,1-2H3,(H,16,17). The fourth-order valence-corrected chi connectivity index (χ4v) is 2.33. The molecule has 1 aliphatic heterocycles. The van der Waals surface area contributed by atoms with E-state index in [1.807, 2.05) is 0 Å². The van der Waals surface area contributed by atoms with Gasteiger partial charge in [0.2, 0.25) is 0 Å². The second kappa shape index (κ2) is 6.02. The van der Waals surface area contributed by atoms with Crippen LogP contribution in [0.25, 0.3) is 0 Å². The van der Waals surface area contributed by atoms with E-state index in [1.54, 1.807) is 18.3 Å². The lowest BCUT2D eigenvalue weighted by atomic mass is 9.81. The lowest BCUT2D eigenvalue weighted by Gasteiger charge is -2.34. The number of esters is 1. The molecule has 1 fully saturated rings. The number of hydrogen-bond acceptors (Lipinski definition) is 5. The number of hydrogen-bond donors (Lipinski definition) is 2. The van der Waals surface area contributed by atoms with Crippen LogP contribution in [0.2, 0.25) is 0 Å². The molecule has 0 spiro atoms. The summed E-state index contributed by atoms with van der Waals surface area (Å²) in [5, 5.41) is 6.66. The van der Waals surface area contributed by atoms with Crippen molar-refractivity contribution in [3.63, 3.8) is 0 Å². The molecule has 2 N–H and O–H groups in total. The minimum Gasteiger partial charge on any atom is -0.465 e. The number of rotatable bonds is 4. The summed E-state index contributed by atoms with van der Waals surface area (Å²) < 4.78 is 4.76. The van der Waals surface area contributed by atoms with Crippen molar-refractivity contribution in [2.75, 3.05) is 32.1 Å². The van der Waals surface area contributed by atoms with Crippen LogP contribution in [-0.4, -0.2) is 37.7 Å². The average Bonchev–Trinajstić information content (AvgIpc) is 2.45. The molecule has 0 aromatic carbocycles. The van der Waals surface area contributed by atoms with E-state index in [2.05, 4.69) is 22.5 Å². The van der Waals surface area contributed by atoms with Crippen LogP contribution in [0.15, 0.2) is 18.3 Å². The molecule has 1 aromatic rings. The fourth-order valence-electron chi connectivity index (χ4n) is 2.33. The first-order valence-electron chi connectivity index (χ1n) is 6.62. The van der Waals surface area contributed by atoms with E-state index in [-0.39, 0.29) is 11.4 Å². The Hall–Kier alpha value is -1.62. The second-order valence-corrected chi connectivity index (χ2v) is 5.31. The molecule has 1 aliphatic rings. The molecular formula is C14H21N3O2. The minimum absolute atomic E-state index is 0.246. The molecule has 0 aliphatic carbocycles. The molecule has 0 radical (unpaired) electrons. The molecule has 19 heavy (non-hydrogen) atoms. The van der Waals surface area contributed by atoms with Crippen molar-refractivity contribution in [1.82, 2.24) is 10.3 Å². The summed E-state index contributed by atoms with van der Waals surface area (Å²) in [6.07, 6.45) is 3.93. The van der Waals surface area contributed by atoms with Gasteiger partial charge in [-0.05, 0) is 43.5 Å². The number of carbonyl (C=O) groups is 1. The van der Waals surface area contributed by atoms with Crippen LogP contribution in [0.4, 0.5) is 5.82 Å². The summed E-state index contributed by atoms with van der Waals surface area (Å²) in [6.45, 7) is 5.17. The van der Waals surface area contributed by atoms with Crippen molar-refractivity contribution in [3.05, 3.63) is 23.9 Å². The van der Waals surface area contributed by atoms with Gasteiger partial charge < -0.3 is 15.4 Å². The fraction of sp³-hybridized carbons (Fsp3) is 0.571. The third-order valence-electron chi connectivity index (χ3n) is 3.71. The Labute approximate surface area is 113 Å². The van der Waals surface area contributed by atoms with Crippen molar-refractivity contribution < 1.29 is 9.53 Å². The van der Waals surface area contributed by atoms with Crippen LogP contribution >= 0.6 is 0 Å². The molecule has 0 atom stereocenters. The van der Waals surface area contributed by atoms with Crippen LogP contribution in [0.3, 0.4) is 0 Å². The normalized spacial score (nSPS) is 17.8. The number of anilines is 1. The maximum atomic E-state index is 11.7. The van der Waals surface area contributed by atoms with E-state index in [4.69, 9.17) is 4.74 Å². The van der Waals surface area contributed by atoms with Gasteiger partial charge in [0.1, 0.15) is 11.4 Å². The van der Waals surface area contributed by atoms with Gasteiger partial charge in [-0.25, -0.2) is 9.78 Å². The molecule has 2 heterocycles. The minimum atomic E-state index is -0.355. The molecule has 1 saturated heterocycles. The highest BCUT2D eigenvalue weighted by Crippen LogP contribution is 2.28. The maximum absolute atomic E-state index is 11.7. The molecule has 0 saturated carbocycles. The van der Waals surface area contributed by atoms with Gasteiger partial charge in [0.05, 0.1) is 7.11 Å². The Balaban J connectivity index is 2.04. The average molecular weight is 263 g/mol. The van der Waals surface area contributed by atoms with Crippen molar-refractivity contribution in [2.45, 2.75) is 19.8 Å². The zero-order valence-corrected chi connectivity index (χ0v) is 11.5. The topological polar surface area (TPSA) is 63.2 Å². The zero-order chi connectivity index (χ0) is 13.7. The number of carbonyl (C=O) groups excluding carboxylic acids is 1. The first-order valence-corrected chi connectivity index (χ1v) is 6.62. The highest BCUT2D eigenvalue weighted by molar-refractivity contribution is 5.94. The Bertz CT molecular complexity index is 442. The van der Waals surface area contributed by atoms with Gasteiger partial charge >= 0.3 is 5.97 Å². The molecule has 2 rings (SSSR count). The van der Waals surface area contributed by atoms with E-state index in [1.165, 1.54) is 7.11 Å². The van der Waals surface area contributed by atoms with Gasteiger partial charge in [-0.15, -0.1) is 0 Å². The van der Waals surface area contributed by atoms with Crippen molar-refractivity contribution >= 4 is 11.8 Å². The summed E-state index contributed by atoms with van der Waals surface area (Å²) in [5.41, 5.74) is 0.735.